The molecule has 0 saturated heterocycles. The summed E-state index contributed by atoms with van der Waals surface area (Å²) in [5.74, 6) is -0.0700. The summed E-state index contributed by atoms with van der Waals surface area (Å²) in [5.41, 5.74) is 6.98. The lowest BCUT2D eigenvalue weighted by atomic mass is 9.99. The van der Waals surface area contributed by atoms with Gasteiger partial charge in [0.25, 0.3) is 0 Å². The first-order valence-electron chi connectivity index (χ1n) is 5.87. The number of nitrogen functional groups attached to an aromatic ring is 1. The molecule has 1 atom stereocenters. The van der Waals surface area contributed by atoms with Crippen LogP contribution in [0.5, 0.6) is 0 Å². The maximum Gasteiger partial charge on any atom is 0.146 e. The molecule has 3 N–H and O–H groups in total. The van der Waals surface area contributed by atoms with E-state index < -0.39 is 11.9 Å². The molecule has 0 saturated carbocycles. The smallest absolute Gasteiger partial charge is 0.146 e. The van der Waals surface area contributed by atoms with Crippen LogP contribution < -0.4 is 11.1 Å². The van der Waals surface area contributed by atoms with Gasteiger partial charge in [0.1, 0.15) is 11.6 Å². The van der Waals surface area contributed by atoms with Crippen molar-refractivity contribution >= 4 is 17.4 Å². The highest BCUT2D eigenvalue weighted by Crippen LogP contribution is 2.28. The third-order valence-electron chi connectivity index (χ3n) is 2.75. The van der Waals surface area contributed by atoms with Gasteiger partial charge in [0, 0.05) is 23.5 Å². The van der Waals surface area contributed by atoms with Gasteiger partial charge in [-0.1, -0.05) is 18.5 Å². The van der Waals surface area contributed by atoms with Gasteiger partial charge >= 0.3 is 0 Å². The van der Waals surface area contributed by atoms with Gasteiger partial charge in [0.15, 0.2) is 0 Å². The predicted molar refractivity (Wildman–Crippen MR) is 73.4 cm³/mol. The van der Waals surface area contributed by atoms with Gasteiger partial charge in [0.2, 0.25) is 0 Å². The molecular formula is C13H14ClFN4. The summed E-state index contributed by atoms with van der Waals surface area (Å²) >= 11 is 5.94. The van der Waals surface area contributed by atoms with Gasteiger partial charge in [-0.25, -0.2) is 9.37 Å². The zero-order chi connectivity index (χ0) is 13.8. The van der Waals surface area contributed by atoms with Crippen molar-refractivity contribution in [3.05, 3.63) is 52.7 Å². The summed E-state index contributed by atoms with van der Waals surface area (Å²) in [6, 6.07) is 2.90. The molecule has 0 aliphatic heterocycles. The third-order valence-corrected chi connectivity index (χ3v) is 2.96. The van der Waals surface area contributed by atoms with Crippen molar-refractivity contribution in [2.75, 3.05) is 12.3 Å². The molecule has 0 aliphatic carbocycles. The van der Waals surface area contributed by atoms with Crippen molar-refractivity contribution in [3.63, 3.8) is 0 Å². The lowest BCUT2D eigenvalue weighted by molar-refractivity contribution is 0.555. The number of aromatic nitrogens is 2. The van der Waals surface area contributed by atoms with Gasteiger partial charge in [0.05, 0.1) is 17.3 Å². The molecule has 2 rings (SSSR count). The molecule has 2 heterocycles. The Kier molecular flexibility index (Phi) is 4.29. The van der Waals surface area contributed by atoms with E-state index in [9.17, 15) is 4.39 Å². The predicted octanol–water partition coefficient (Wildman–Crippen LogP) is 2.55. The Balaban J connectivity index is 2.51. The second-order valence-electron chi connectivity index (χ2n) is 4.02. The summed E-state index contributed by atoms with van der Waals surface area (Å²) in [7, 11) is 0. The van der Waals surface area contributed by atoms with E-state index >= 15 is 0 Å². The number of pyridine rings is 2. The summed E-state index contributed by atoms with van der Waals surface area (Å²) in [6.45, 7) is 2.58. The molecule has 0 aromatic carbocycles. The molecule has 0 fully saturated rings. The number of hydrogen-bond donors (Lipinski definition) is 2. The Labute approximate surface area is 115 Å². The molecule has 2 aromatic heterocycles. The minimum absolute atomic E-state index is 0.326. The minimum atomic E-state index is -0.404. The SMILES string of the molecule is CCNC(c1ccncc1F)c1cc(Cl)cnc1N. The van der Waals surface area contributed by atoms with Crippen molar-refractivity contribution in [1.29, 1.82) is 0 Å². The number of rotatable bonds is 4. The van der Waals surface area contributed by atoms with Crippen LogP contribution in [0.1, 0.15) is 24.1 Å². The average molecular weight is 281 g/mol. The number of nitrogens with two attached hydrogens (primary N) is 1. The van der Waals surface area contributed by atoms with E-state index in [1.54, 1.807) is 12.1 Å². The molecule has 0 bridgehead atoms. The van der Waals surface area contributed by atoms with Crippen LogP contribution in [-0.4, -0.2) is 16.5 Å². The lowest BCUT2D eigenvalue weighted by Crippen LogP contribution is -2.24. The first kappa shape index (κ1) is 13.7. The van der Waals surface area contributed by atoms with Crippen LogP contribution in [0.3, 0.4) is 0 Å². The fourth-order valence-corrected chi connectivity index (χ4v) is 2.07. The van der Waals surface area contributed by atoms with Gasteiger partial charge < -0.3 is 11.1 Å². The molecule has 2 aromatic rings. The van der Waals surface area contributed by atoms with E-state index in [1.807, 2.05) is 6.92 Å². The highest BCUT2D eigenvalue weighted by atomic mass is 35.5. The molecule has 0 amide bonds. The number of hydrogen-bond acceptors (Lipinski definition) is 4. The standard InChI is InChI=1S/C13H14ClFN4/c1-2-18-12(9-3-4-17-7-11(9)15)10-5-8(14)6-19-13(10)16/h3-7,12,18H,2H2,1H3,(H2,16,19). The molecule has 4 nitrogen and oxygen atoms in total. The van der Waals surface area contributed by atoms with Crippen LogP contribution in [0, 0.1) is 5.82 Å². The summed E-state index contributed by atoms with van der Waals surface area (Å²) in [5, 5.41) is 3.64. The molecular weight excluding hydrogens is 267 g/mol. The second kappa shape index (κ2) is 5.95. The molecule has 6 heteroatoms. The van der Waals surface area contributed by atoms with Crippen LogP contribution >= 0.6 is 11.6 Å². The normalized spacial score (nSPS) is 12.4. The maximum absolute atomic E-state index is 13.9. The number of nitrogens with zero attached hydrogens (tertiary/aromatic N) is 2. The van der Waals surface area contributed by atoms with Crippen LogP contribution in [0.2, 0.25) is 5.02 Å². The van der Waals surface area contributed by atoms with Crippen LogP contribution in [0.25, 0.3) is 0 Å². The fraction of sp³-hybridized carbons (Fsp3) is 0.231. The highest BCUT2D eigenvalue weighted by molar-refractivity contribution is 6.30. The fourth-order valence-electron chi connectivity index (χ4n) is 1.91. The zero-order valence-corrected chi connectivity index (χ0v) is 11.2. The van der Waals surface area contributed by atoms with Gasteiger partial charge in [-0.2, -0.15) is 0 Å². The Morgan fingerprint density at radius 3 is 2.89 bits per heavy atom. The highest BCUT2D eigenvalue weighted by Gasteiger charge is 2.20. The van der Waals surface area contributed by atoms with Gasteiger partial charge in [-0.15, -0.1) is 0 Å². The van der Waals surface area contributed by atoms with Crippen molar-refractivity contribution in [1.82, 2.24) is 15.3 Å². The van der Waals surface area contributed by atoms with E-state index in [0.717, 1.165) is 0 Å². The maximum atomic E-state index is 13.9. The van der Waals surface area contributed by atoms with E-state index in [1.165, 1.54) is 18.6 Å². The van der Waals surface area contributed by atoms with Crippen molar-refractivity contribution < 1.29 is 4.39 Å². The Morgan fingerprint density at radius 2 is 2.21 bits per heavy atom. The summed E-state index contributed by atoms with van der Waals surface area (Å²) < 4.78 is 13.9. The molecule has 19 heavy (non-hydrogen) atoms. The number of halogens is 2. The number of nitrogens with one attached hydrogen (secondary N) is 1. The Morgan fingerprint density at radius 1 is 1.42 bits per heavy atom. The Bertz CT molecular complexity index is 576. The molecule has 0 aliphatic rings. The van der Waals surface area contributed by atoms with E-state index in [-0.39, 0.29) is 0 Å². The molecule has 0 radical (unpaired) electrons. The van der Waals surface area contributed by atoms with Crippen molar-refractivity contribution in [2.45, 2.75) is 13.0 Å². The van der Waals surface area contributed by atoms with Crippen LogP contribution in [-0.2, 0) is 0 Å². The monoisotopic (exact) mass is 280 g/mol. The quantitative estimate of drug-likeness (QED) is 0.903. The summed E-state index contributed by atoms with van der Waals surface area (Å²) in [4.78, 5) is 7.75. The topological polar surface area (TPSA) is 63.8 Å². The lowest BCUT2D eigenvalue weighted by Gasteiger charge is -2.20. The zero-order valence-electron chi connectivity index (χ0n) is 10.4. The largest absolute Gasteiger partial charge is 0.383 e. The first-order chi connectivity index (χ1) is 9.13. The van der Waals surface area contributed by atoms with E-state index in [4.69, 9.17) is 17.3 Å². The van der Waals surface area contributed by atoms with E-state index in [0.29, 0.717) is 28.5 Å². The summed E-state index contributed by atoms with van der Waals surface area (Å²) in [6.07, 6.45) is 4.18. The second-order valence-corrected chi connectivity index (χ2v) is 4.45. The van der Waals surface area contributed by atoms with Crippen molar-refractivity contribution in [2.24, 2.45) is 0 Å². The van der Waals surface area contributed by atoms with Crippen LogP contribution in [0.4, 0.5) is 10.2 Å². The molecule has 0 spiro atoms. The van der Waals surface area contributed by atoms with Crippen LogP contribution in [0.15, 0.2) is 30.7 Å². The van der Waals surface area contributed by atoms with E-state index in [2.05, 4.69) is 15.3 Å². The molecule has 100 valence electrons. The van der Waals surface area contributed by atoms with Crippen molar-refractivity contribution in [3.8, 4) is 0 Å². The van der Waals surface area contributed by atoms with Gasteiger partial charge in [-0.05, 0) is 18.7 Å². The number of anilines is 1. The first-order valence-corrected chi connectivity index (χ1v) is 6.25. The molecule has 1 unspecified atom stereocenters. The average Bonchev–Trinajstić information content (AvgIpc) is 2.40. The Hall–Kier alpha value is -1.72. The van der Waals surface area contributed by atoms with Gasteiger partial charge in [-0.3, -0.25) is 4.98 Å². The minimum Gasteiger partial charge on any atom is -0.383 e. The third kappa shape index (κ3) is 3.00.